The van der Waals surface area contributed by atoms with E-state index in [1.54, 1.807) is 0 Å². The first-order valence-electron chi connectivity index (χ1n) is 5.09. The predicted molar refractivity (Wildman–Crippen MR) is 59.4 cm³/mol. The van der Waals surface area contributed by atoms with E-state index >= 15 is 0 Å². The van der Waals surface area contributed by atoms with Crippen LogP contribution in [0.15, 0.2) is 24.3 Å². The zero-order valence-corrected chi connectivity index (χ0v) is 9.10. The molecule has 0 saturated heterocycles. The highest BCUT2D eigenvalue weighted by Gasteiger charge is 2.07. The lowest BCUT2D eigenvalue weighted by atomic mass is 10.1. The van der Waals surface area contributed by atoms with Crippen LogP contribution in [0.3, 0.4) is 0 Å². The predicted octanol–water partition coefficient (Wildman–Crippen LogP) is 2.39. The van der Waals surface area contributed by atoms with E-state index in [4.69, 9.17) is 15.7 Å². The van der Waals surface area contributed by atoms with Gasteiger partial charge in [0, 0.05) is 6.04 Å². The SMILES string of the molecule is CCC(C#N)Oc1cccc(C(C)N)c1. The first-order valence-corrected chi connectivity index (χ1v) is 5.09. The molecule has 15 heavy (non-hydrogen) atoms. The average molecular weight is 204 g/mol. The van der Waals surface area contributed by atoms with Gasteiger partial charge in [0.15, 0.2) is 6.10 Å². The molecule has 0 spiro atoms. The Balaban J connectivity index is 2.78. The van der Waals surface area contributed by atoms with Gasteiger partial charge in [-0.05, 0) is 31.0 Å². The molecule has 1 aromatic rings. The molecule has 0 aliphatic heterocycles. The van der Waals surface area contributed by atoms with E-state index < -0.39 is 0 Å². The van der Waals surface area contributed by atoms with E-state index in [2.05, 4.69) is 6.07 Å². The number of nitrogens with two attached hydrogens (primary N) is 1. The maximum absolute atomic E-state index is 8.77. The van der Waals surface area contributed by atoms with Gasteiger partial charge >= 0.3 is 0 Å². The number of hydrogen-bond acceptors (Lipinski definition) is 3. The maximum atomic E-state index is 8.77. The topological polar surface area (TPSA) is 59.0 Å². The van der Waals surface area contributed by atoms with E-state index in [9.17, 15) is 0 Å². The van der Waals surface area contributed by atoms with Gasteiger partial charge in [0.05, 0.1) is 0 Å². The molecule has 3 nitrogen and oxygen atoms in total. The van der Waals surface area contributed by atoms with Crippen LogP contribution in [0.4, 0.5) is 0 Å². The number of benzene rings is 1. The summed E-state index contributed by atoms with van der Waals surface area (Å²) in [6.45, 7) is 3.84. The maximum Gasteiger partial charge on any atom is 0.184 e. The Labute approximate surface area is 90.5 Å². The highest BCUT2D eigenvalue weighted by atomic mass is 16.5. The Bertz CT molecular complexity index is 355. The lowest BCUT2D eigenvalue weighted by molar-refractivity contribution is 0.251. The fourth-order valence-corrected chi connectivity index (χ4v) is 1.24. The standard InChI is InChI=1S/C12H16N2O/c1-3-11(8-13)15-12-6-4-5-10(7-12)9(2)14/h4-7,9,11H,3,14H2,1-2H3. The Morgan fingerprint density at radius 3 is 2.80 bits per heavy atom. The summed E-state index contributed by atoms with van der Waals surface area (Å²) in [5.41, 5.74) is 6.77. The third-order valence-corrected chi connectivity index (χ3v) is 2.18. The molecule has 0 aromatic heterocycles. The van der Waals surface area contributed by atoms with Crippen molar-refractivity contribution in [1.29, 1.82) is 5.26 Å². The van der Waals surface area contributed by atoms with Gasteiger partial charge in [-0.2, -0.15) is 5.26 Å². The molecule has 0 heterocycles. The lowest BCUT2D eigenvalue weighted by Crippen LogP contribution is -2.12. The number of rotatable bonds is 4. The van der Waals surface area contributed by atoms with Gasteiger partial charge in [0.1, 0.15) is 11.8 Å². The summed E-state index contributed by atoms with van der Waals surface area (Å²) in [6.07, 6.45) is 0.298. The summed E-state index contributed by atoms with van der Waals surface area (Å²) in [7, 11) is 0. The molecule has 0 aliphatic rings. The van der Waals surface area contributed by atoms with Gasteiger partial charge in [0.25, 0.3) is 0 Å². The third kappa shape index (κ3) is 3.26. The van der Waals surface area contributed by atoms with Crippen molar-refractivity contribution in [3.05, 3.63) is 29.8 Å². The minimum absolute atomic E-state index is 0.0179. The van der Waals surface area contributed by atoms with Crippen LogP contribution in [-0.4, -0.2) is 6.10 Å². The second-order valence-corrected chi connectivity index (χ2v) is 3.51. The monoisotopic (exact) mass is 204 g/mol. The minimum Gasteiger partial charge on any atom is -0.476 e. The lowest BCUT2D eigenvalue weighted by Gasteiger charge is -2.12. The number of hydrogen-bond donors (Lipinski definition) is 1. The van der Waals surface area contributed by atoms with Gasteiger partial charge in [0.2, 0.25) is 0 Å². The summed E-state index contributed by atoms with van der Waals surface area (Å²) in [4.78, 5) is 0. The molecule has 0 amide bonds. The van der Waals surface area contributed by atoms with Crippen LogP contribution >= 0.6 is 0 Å². The normalized spacial score (nSPS) is 14.0. The van der Waals surface area contributed by atoms with Crippen molar-refractivity contribution in [1.82, 2.24) is 0 Å². The fourth-order valence-electron chi connectivity index (χ4n) is 1.24. The van der Waals surface area contributed by atoms with E-state index in [1.165, 1.54) is 0 Å². The molecule has 0 fully saturated rings. The smallest absolute Gasteiger partial charge is 0.184 e. The zero-order valence-electron chi connectivity index (χ0n) is 9.10. The molecule has 1 rings (SSSR count). The van der Waals surface area contributed by atoms with E-state index in [0.717, 1.165) is 5.56 Å². The van der Waals surface area contributed by atoms with Crippen LogP contribution in [0.5, 0.6) is 5.75 Å². The van der Waals surface area contributed by atoms with Crippen molar-refractivity contribution < 1.29 is 4.74 Å². The van der Waals surface area contributed by atoms with Gasteiger partial charge in [-0.3, -0.25) is 0 Å². The molecule has 0 radical (unpaired) electrons. The van der Waals surface area contributed by atoms with Crippen LogP contribution in [0.2, 0.25) is 0 Å². The molecular weight excluding hydrogens is 188 g/mol. The Kier molecular flexibility index (Phi) is 4.14. The van der Waals surface area contributed by atoms with Crippen LogP contribution in [0.25, 0.3) is 0 Å². The number of nitriles is 1. The van der Waals surface area contributed by atoms with Gasteiger partial charge in [-0.15, -0.1) is 0 Å². The number of ether oxygens (including phenoxy) is 1. The Morgan fingerprint density at radius 2 is 2.27 bits per heavy atom. The molecule has 2 atom stereocenters. The Morgan fingerprint density at radius 1 is 1.53 bits per heavy atom. The van der Waals surface area contributed by atoms with Crippen LogP contribution in [0, 0.1) is 11.3 Å². The summed E-state index contributed by atoms with van der Waals surface area (Å²) in [5.74, 6) is 0.707. The summed E-state index contributed by atoms with van der Waals surface area (Å²) in [6, 6.07) is 9.63. The van der Waals surface area contributed by atoms with E-state index in [1.807, 2.05) is 38.1 Å². The molecular formula is C12H16N2O. The summed E-state index contributed by atoms with van der Waals surface area (Å²) >= 11 is 0. The molecule has 0 bridgehead atoms. The third-order valence-electron chi connectivity index (χ3n) is 2.18. The largest absolute Gasteiger partial charge is 0.476 e. The Hall–Kier alpha value is -1.53. The minimum atomic E-state index is -0.381. The highest BCUT2D eigenvalue weighted by Crippen LogP contribution is 2.19. The van der Waals surface area contributed by atoms with Gasteiger partial charge < -0.3 is 10.5 Å². The fraction of sp³-hybridized carbons (Fsp3) is 0.417. The zero-order chi connectivity index (χ0) is 11.3. The summed E-state index contributed by atoms with van der Waals surface area (Å²) < 4.78 is 5.49. The molecule has 2 unspecified atom stereocenters. The van der Waals surface area contributed by atoms with Crippen molar-refractivity contribution in [2.24, 2.45) is 5.73 Å². The molecule has 1 aromatic carbocycles. The van der Waals surface area contributed by atoms with Crippen molar-refractivity contribution in [3.63, 3.8) is 0 Å². The van der Waals surface area contributed by atoms with Gasteiger partial charge in [-0.1, -0.05) is 19.1 Å². The molecule has 0 aliphatic carbocycles. The molecule has 3 heteroatoms. The average Bonchev–Trinajstić information content (AvgIpc) is 2.26. The van der Waals surface area contributed by atoms with E-state index in [-0.39, 0.29) is 12.1 Å². The van der Waals surface area contributed by atoms with Gasteiger partial charge in [-0.25, -0.2) is 0 Å². The molecule has 80 valence electrons. The van der Waals surface area contributed by atoms with Crippen LogP contribution in [0.1, 0.15) is 31.9 Å². The second kappa shape index (κ2) is 5.38. The van der Waals surface area contributed by atoms with Crippen molar-refractivity contribution in [2.75, 3.05) is 0 Å². The van der Waals surface area contributed by atoms with Crippen molar-refractivity contribution >= 4 is 0 Å². The van der Waals surface area contributed by atoms with E-state index in [0.29, 0.717) is 12.2 Å². The number of nitrogens with zero attached hydrogens (tertiary/aromatic N) is 1. The second-order valence-electron chi connectivity index (χ2n) is 3.51. The summed E-state index contributed by atoms with van der Waals surface area (Å²) in [5, 5.41) is 8.77. The quantitative estimate of drug-likeness (QED) is 0.819. The molecule has 0 saturated carbocycles. The first kappa shape index (κ1) is 11.5. The highest BCUT2D eigenvalue weighted by molar-refractivity contribution is 5.30. The van der Waals surface area contributed by atoms with Crippen molar-refractivity contribution in [2.45, 2.75) is 32.4 Å². The van der Waals surface area contributed by atoms with Crippen LogP contribution < -0.4 is 10.5 Å². The first-order chi connectivity index (χ1) is 7.17. The van der Waals surface area contributed by atoms with Crippen LogP contribution in [-0.2, 0) is 0 Å². The molecule has 2 N–H and O–H groups in total. The van der Waals surface area contributed by atoms with Crippen molar-refractivity contribution in [3.8, 4) is 11.8 Å².